The Bertz CT molecular complexity index is 1270. The highest BCUT2D eigenvalue weighted by atomic mass is 32.2. The van der Waals surface area contributed by atoms with Crippen LogP contribution in [0, 0.1) is 12.8 Å². The van der Waals surface area contributed by atoms with Gasteiger partial charge in [0.1, 0.15) is 0 Å². The van der Waals surface area contributed by atoms with Crippen LogP contribution in [-0.4, -0.2) is 54.3 Å². The average molecular weight is 493 g/mol. The van der Waals surface area contributed by atoms with Crippen molar-refractivity contribution in [3.63, 3.8) is 0 Å². The summed E-state index contributed by atoms with van der Waals surface area (Å²) in [5.74, 6) is 0.114. The van der Waals surface area contributed by atoms with Gasteiger partial charge in [0, 0.05) is 43.0 Å². The molecule has 0 aliphatic carbocycles. The standard InChI is InChI=1S/C27H32N4O3S/c1-21-8-10-24(11-9-21)27-25(20-30(29-27)19-23-6-4-3-5-7-23)12-13-26(32)28-18-22-14-16-31(17-15-22)35(2,33)34/h3-13,20,22H,14-19H2,1-2H3,(H,28,32)/b13-12+. The predicted octanol–water partition coefficient (Wildman–Crippen LogP) is 3.71. The van der Waals surface area contributed by atoms with Gasteiger partial charge >= 0.3 is 0 Å². The Morgan fingerprint density at radius 3 is 2.43 bits per heavy atom. The van der Waals surface area contributed by atoms with Crippen molar-refractivity contribution < 1.29 is 13.2 Å². The van der Waals surface area contributed by atoms with Crippen molar-refractivity contribution in [3.05, 3.63) is 83.6 Å². The fraction of sp³-hybridized carbons (Fsp3) is 0.333. The highest BCUT2D eigenvalue weighted by Crippen LogP contribution is 2.24. The minimum Gasteiger partial charge on any atom is -0.352 e. The van der Waals surface area contributed by atoms with E-state index in [0.717, 1.165) is 35.2 Å². The number of nitrogens with zero attached hydrogens (tertiary/aromatic N) is 3. The minimum absolute atomic E-state index is 0.166. The first-order valence-corrected chi connectivity index (χ1v) is 13.7. The molecule has 184 valence electrons. The Balaban J connectivity index is 1.42. The van der Waals surface area contributed by atoms with Crippen LogP contribution in [0.2, 0.25) is 0 Å². The van der Waals surface area contributed by atoms with E-state index >= 15 is 0 Å². The van der Waals surface area contributed by atoms with E-state index in [4.69, 9.17) is 5.10 Å². The largest absolute Gasteiger partial charge is 0.352 e. The number of carbonyl (C=O) groups excluding carboxylic acids is 1. The number of rotatable bonds is 8. The smallest absolute Gasteiger partial charge is 0.244 e. The van der Waals surface area contributed by atoms with E-state index in [1.165, 1.54) is 16.1 Å². The molecule has 35 heavy (non-hydrogen) atoms. The summed E-state index contributed by atoms with van der Waals surface area (Å²) >= 11 is 0. The Morgan fingerprint density at radius 1 is 1.09 bits per heavy atom. The third-order valence-corrected chi connectivity index (χ3v) is 7.63. The fourth-order valence-electron chi connectivity index (χ4n) is 4.26. The number of aryl methyl sites for hydroxylation is 1. The molecule has 2 heterocycles. The lowest BCUT2D eigenvalue weighted by Gasteiger charge is -2.30. The molecule has 0 spiro atoms. The molecule has 0 bridgehead atoms. The summed E-state index contributed by atoms with van der Waals surface area (Å²) in [6.07, 6.45) is 8.07. The van der Waals surface area contributed by atoms with Crippen molar-refractivity contribution in [1.29, 1.82) is 0 Å². The van der Waals surface area contributed by atoms with Crippen LogP contribution in [0.5, 0.6) is 0 Å². The molecule has 0 radical (unpaired) electrons. The van der Waals surface area contributed by atoms with Crippen LogP contribution in [0.15, 0.2) is 66.9 Å². The molecule has 7 nitrogen and oxygen atoms in total. The molecule has 8 heteroatoms. The lowest BCUT2D eigenvalue weighted by atomic mass is 9.98. The van der Waals surface area contributed by atoms with E-state index in [0.29, 0.717) is 26.2 Å². The number of aromatic nitrogens is 2. The SMILES string of the molecule is Cc1ccc(-c2nn(Cc3ccccc3)cc2/C=C/C(=O)NCC2CCN(S(C)(=O)=O)CC2)cc1. The van der Waals surface area contributed by atoms with Crippen LogP contribution in [0.25, 0.3) is 17.3 Å². The van der Waals surface area contributed by atoms with E-state index in [2.05, 4.69) is 29.6 Å². The number of piperidine rings is 1. The molecule has 1 aliphatic heterocycles. The first kappa shape index (κ1) is 24.9. The van der Waals surface area contributed by atoms with Gasteiger partial charge in [0.2, 0.25) is 15.9 Å². The van der Waals surface area contributed by atoms with E-state index in [1.807, 2.05) is 54.2 Å². The molecule has 1 saturated heterocycles. The van der Waals surface area contributed by atoms with E-state index in [9.17, 15) is 13.2 Å². The molecule has 1 aliphatic rings. The topological polar surface area (TPSA) is 84.3 Å². The van der Waals surface area contributed by atoms with Crippen LogP contribution in [0.1, 0.15) is 29.5 Å². The van der Waals surface area contributed by atoms with Crippen molar-refractivity contribution in [3.8, 4) is 11.3 Å². The first-order chi connectivity index (χ1) is 16.8. The van der Waals surface area contributed by atoms with E-state index in [1.54, 1.807) is 6.08 Å². The molecule has 3 aromatic rings. The van der Waals surface area contributed by atoms with Crippen molar-refractivity contribution in [2.45, 2.75) is 26.3 Å². The van der Waals surface area contributed by atoms with E-state index in [-0.39, 0.29) is 11.8 Å². The number of benzene rings is 2. The maximum atomic E-state index is 12.5. The van der Waals surface area contributed by atoms with Crippen molar-refractivity contribution in [2.24, 2.45) is 5.92 Å². The second-order valence-electron chi connectivity index (χ2n) is 9.17. The number of amides is 1. The number of hydrogen-bond donors (Lipinski definition) is 1. The Hall–Kier alpha value is -3.23. The van der Waals surface area contributed by atoms with Gasteiger partial charge in [0.15, 0.2) is 0 Å². The number of nitrogens with one attached hydrogen (secondary N) is 1. The predicted molar refractivity (Wildman–Crippen MR) is 139 cm³/mol. The Kier molecular flexibility index (Phi) is 7.83. The second kappa shape index (κ2) is 11.0. The molecular weight excluding hydrogens is 460 g/mol. The van der Waals surface area contributed by atoms with Crippen LogP contribution in [-0.2, 0) is 21.4 Å². The number of carbonyl (C=O) groups is 1. The molecule has 0 saturated carbocycles. The normalized spacial score (nSPS) is 15.5. The third-order valence-electron chi connectivity index (χ3n) is 6.32. The van der Waals surface area contributed by atoms with Crippen molar-refractivity contribution >= 4 is 22.0 Å². The second-order valence-corrected chi connectivity index (χ2v) is 11.1. The molecule has 1 fully saturated rings. The van der Waals surface area contributed by atoms with Crippen molar-refractivity contribution in [2.75, 3.05) is 25.9 Å². The number of hydrogen-bond acceptors (Lipinski definition) is 4. The van der Waals surface area contributed by atoms with Crippen molar-refractivity contribution in [1.82, 2.24) is 19.4 Å². The van der Waals surface area contributed by atoms with Gasteiger partial charge in [0.05, 0.1) is 18.5 Å². The monoisotopic (exact) mass is 492 g/mol. The number of sulfonamides is 1. The molecular formula is C27H32N4O3S. The van der Waals surface area contributed by atoms with Crippen LogP contribution in [0.4, 0.5) is 0 Å². The molecule has 2 aromatic carbocycles. The van der Waals surface area contributed by atoms with Gasteiger partial charge in [-0.1, -0.05) is 60.2 Å². The van der Waals surface area contributed by atoms with Gasteiger partial charge in [-0.05, 0) is 37.3 Å². The molecule has 0 atom stereocenters. The lowest BCUT2D eigenvalue weighted by molar-refractivity contribution is -0.116. The van der Waals surface area contributed by atoms with Crippen LogP contribution >= 0.6 is 0 Å². The highest BCUT2D eigenvalue weighted by Gasteiger charge is 2.24. The summed E-state index contributed by atoms with van der Waals surface area (Å²) in [5, 5.41) is 7.78. The summed E-state index contributed by atoms with van der Waals surface area (Å²) < 4.78 is 26.7. The van der Waals surface area contributed by atoms with Crippen LogP contribution < -0.4 is 5.32 Å². The molecule has 4 rings (SSSR count). The van der Waals surface area contributed by atoms with Gasteiger partial charge in [-0.3, -0.25) is 9.48 Å². The summed E-state index contributed by atoms with van der Waals surface area (Å²) in [4.78, 5) is 12.5. The summed E-state index contributed by atoms with van der Waals surface area (Å²) in [6.45, 7) is 4.25. The van der Waals surface area contributed by atoms with Crippen LogP contribution in [0.3, 0.4) is 0 Å². The first-order valence-electron chi connectivity index (χ1n) is 11.9. The molecule has 1 N–H and O–H groups in total. The molecule has 1 aromatic heterocycles. The summed E-state index contributed by atoms with van der Waals surface area (Å²) in [6, 6.07) is 18.3. The van der Waals surface area contributed by atoms with E-state index < -0.39 is 10.0 Å². The maximum Gasteiger partial charge on any atom is 0.244 e. The molecule has 1 amide bonds. The minimum atomic E-state index is -3.14. The third kappa shape index (κ3) is 6.90. The zero-order chi connectivity index (χ0) is 24.8. The zero-order valence-corrected chi connectivity index (χ0v) is 21.0. The summed E-state index contributed by atoms with van der Waals surface area (Å²) in [7, 11) is -3.14. The lowest BCUT2D eigenvalue weighted by Crippen LogP contribution is -2.40. The van der Waals surface area contributed by atoms with Gasteiger partial charge in [-0.15, -0.1) is 0 Å². The quantitative estimate of drug-likeness (QED) is 0.486. The van der Waals surface area contributed by atoms with Gasteiger partial charge in [-0.2, -0.15) is 5.10 Å². The molecule has 0 unspecified atom stereocenters. The zero-order valence-electron chi connectivity index (χ0n) is 20.2. The van der Waals surface area contributed by atoms with Gasteiger partial charge < -0.3 is 5.32 Å². The van der Waals surface area contributed by atoms with Gasteiger partial charge in [0.25, 0.3) is 0 Å². The summed E-state index contributed by atoms with van der Waals surface area (Å²) in [5.41, 5.74) is 5.04. The highest BCUT2D eigenvalue weighted by molar-refractivity contribution is 7.88. The Labute approximate surface area is 207 Å². The fourth-order valence-corrected chi connectivity index (χ4v) is 5.13. The average Bonchev–Trinajstić information content (AvgIpc) is 3.24. The maximum absolute atomic E-state index is 12.5. The Morgan fingerprint density at radius 2 is 1.77 bits per heavy atom. The van der Waals surface area contributed by atoms with Gasteiger partial charge in [-0.25, -0.2) is 12.7 Å².